The van der Waals surface area contributed by atoms with Gasteiger partial charge in [0, 0.05) is 17.6 Å². The minimum Gasteiger partial charge on any atom is -0.494 e. The second-order valence-electron chi connectivity index (χ2n) is 4.67. The molecule has 0 saturated carbocycles. The number of hydrogen-bond acceptors (Lipinski definition) is 3. The number of hydrogen-bond donors (Lipinski definition) is 1. The van der Waals surface area contributed by atoms with Crippen LogP contribution in [0, 0.1) is 0 Å². The molecule has 0 aromatic heterocycles. The molecule has 18 heavy (non-hydrogen) atoms. The average molecular weight is 270 g/mol. The Kier molecular flexibility index (Phi) is 5.29. The van der Waals surface area contributed by atoms with Gasteiger partial charge in [0.25, 0.3) is 0 Å². The van der Waals surface area contributed by atoms with Crippen molar-refractivity contribution >= 4 is 11.6 Å². The maximum absolute atomic E-state index is 9.21. The monoisotopic (exact) mass is 269 g/mol. The maximum Gasteiger partial charge on any atom is 0.119 e. The number of likely N-dealkylation sites (tertiary alicyclic amines) is 1. The smallest absolute Gasteiger partial charge is 0.119 e. The van der Waals surface area contributed by atoms with E-state index in [1.165, 1.54) is 6.42 Å². The lowest BCUT2D eigenvalue weighted by Gasteiger charge is -2.22. The highest BCUT2D eigenvalue weighted by Crippen LogP contribution is 2.18. The average Bonchev–Trinajstić information content (AvgIpc) is 2.84. The number of ether oxygens (including phenoxy) is 1. The van der Waals surface area contributed by atoms with Crippen LogP contribution in [0.25, 0.3) is 0 Å². The molecule has 0 aliphatic carbocycles. The molecule has 1 N–H and O–H groups in total. The van der Waals surface area contributed by atoms with E-state index in [-0.39, 0.29) is 6.61 Å². The van der Waals surface area contributed by atoms with E-state index in [9.17, 15) is 5.11 Å². The van der Waals surface area contributed by atoms with Gasteiger partial charge in [0.15, 0.2) is 0 Å². The van der Waals surface area contributed by atoms with Gasteiger partial charge in [-0.3, -0.25) is 4.90 Å². The van der Waals surface area contributed by atoms with Gasteiger partial charge in [0.2, 0.25) is 0 Å². The zero-order valence-corrected chi connectivity index (χ0v) is 11.3. The lowest BCUT2D eigenvalue weighted by Crippen LogP contribution is -2.33. The van der Waals surface area contributed by atoms with Gasteiger partial charge in [0.1, 0.15) is 5.75 Å². The quantitative estimate of drug-likeness (QED) is 0.806. The summed E-state index contributed by atoms with van der Waals surface area (Å²) in [6, 6.07) is 7.79. The number of rotatable bonds is 6. The van der Waals surface area contributed by atoms with E-state index in [2.05, 4.69) is 4.90 Å². The van der Waals surface area contributed by atoms with Gasteiger partial charge >= 0.3 is 0 Å². The highest BCUT2D eigenvalue weighted by molar-refractivity contribution is 6.30. The van der Waals surface area contributed by atoms with Crippen LogP contribution >= 0.6 is 11.6 Å². The van der Waals surface area contributed by atoms with Crippen molar-refractivity contribution in [2.24, 2.45) is 0 Å². The third-order valence-corrected chi connectivity index (χ3v) is 3.63. The van der Waals surface area contributed by atoms with Crippen LogP contribution in [0.2, 0.25) is 5.02 Å². The molecule has 4 heteroatoms. The van der Waals surface area contributed by atoms with Crippen molar-refractivity contribution in [2.75, 3.05) is 26.3 Å². The summed E-state index contributed by atoms with van der Waals surface area (Å²) in [5.41, 5.74) is 0. The van der Waals surface area contributed by atoms with Crippen LogP contribution in [-0.4, -0.2) is 42.4 Å². The molecular formula is C14H20ClNO2. The molecule has 0 radical (unpaired) electrons. The van der Waals surface area contributed by atoms with Gasteiger partial charge < -0.3 is 9.84 Å². The van der Waals surface area contributed by atoms with Crippen LogP contribution in [0.15, 0.2) is 24.3 Å². The SMILES string of the molecule is OC[C@@H]1CCCN1CCCOc1ccc(Cl)cc1. The second-order valence-corrected chi connectivity index (χ2v) is 5.11. The first kappa shape index (κ1) is 13.7. The number of aliphatic hydroxyl groups excluding tert-OH is 1. The molecule has 2 rings (SSSR count). The number of benzene rings is 1. The van der Waals surface area contributed by atoms with Crippen LogP contribution in [0.1, 0.15) is 19.3 Å². The van der Waals surface area contributed by atoms with Crippen LogP contribution in [0.5, 0.6) is 5.75 Å². The van der Waals surface area contributed by atoms with E-state index in [0.29, 0.717) is 12.6 Å². The van der Waals surface area contributed by atoms with Gasteiger partial charge in [0.05, 0.1) is 13.2 Å². The number of nitrogens with zero attached hydrogens (tertiary/aromatic N) is 1. The second kappa shape index (κ2) is 6.98. The van der Waals surface area contributed by atoms with E-state index >= 15 is 0 Å². The molecule has 1 atom stereocenters. The Morgan fingerprint density at radius 1 is 1.33 bits per heavy atom. The van der Waals surface area contributed by atoms with E-state index in [0.717, 1.165) is 36.7 Å². The van der Waals surface area contributed by atoms with Crippen molar-refractivity contribution < 1.29 is 9.84 Å². The summed E-state index contributed by atoms with van der Waals surface area (Å²) >= 11 is 5.81. The summed E-state index contributed by atoms with van der Waals surface area (Å²) < 4.78 is 5.64. The molecule has 1 aromatic carbocycles. The lowest BCUT2D eigenvalue weighted by molar-refractivity contribution is 0.150. The van der Waals surface area contributed by atoms with Gasteiger partial charge in [-0.1, -0.05) is 11.6 Å². The summed E-state index contributed by atoms with van der Waals surface area (Å²) in [5, 5.41) is 9.94. The molecule has 0 bridgehead atoms. The van der Waals surface area contributed by atoms with Gasteiger partial charge in [-0.05, 0) is 50.1 Å². The fourth-order valence-corrected chi connectivity index (χ4v) is 2.51. The topological polar surface area (TPSA) is 32.7 Å². The maximum atomic E-state index is 9.21. The Balaban J connectivity index is 1.65. The summed E-state index contributed by atoms with van der Waals surface area (Å²) in [4.78, 5) is 2.35. The van der Waals surface area contributed by atoms with E-state index in [1.54, 1.807) is 0 Å². The molecule has 1 aromatic rings. The first-order valence-electron chi connectivity index (χ1n) is 6.53. The van der Waals surface area contributed by atoms with E-state index in [1.807, 2.05) is 24.3 Å². The third-order valence-electron chi connectivity index (χ3n) is 3.38. The molecule has 1 aliphatic heterocycles. The van der Waals surface area contributed by atoms with Crippen LogP contribution in [0.3, 0.4) is 0 Å². The fraction of sp³-hybridized carbons (Fsp3) is 0.571. The van der Waals surface area contributed by atoms with Gasteiger partial charge in [-0.15, -0.1) is 0 Å². The van der Waals surface area contributed by atoms with Crippen molar-refractivity contribution in [1.29, 1.82) is 0 Å². The molecule has 3 nitrogen and oxygen atoms in total. The fourth-order valence-electron chi connectivity index (χ4n) is 2.38. The summed E-state index contributed by atoms with van der Waals surface area (Å²) in [6.07, 6.45) is 3.30. The van der Waals surface area contributed by atoms with Crippen molar-refractivity contribution in [3.8, 4) is 5.75 Å². The third kappa shape index (κ3) is 3.87. The predicted molar refractivity (Wildman–Crippen MR) is 73.2 cm³/mol. The zero-order valence-electron chi connectivity index (χ0n) is 10.5. The van der Waals surface area contributed by atoms with Gasteiger partial charge in [-0.2, -0.15) is 0 Å². The highest BCUT2D eigenvalue weighted by atomic mass is 35.5. The van der Waals surface area contributed by atoms with Crippen LogP contribution in [-0.2, 0) is 0 Å². The minimum atomic E-state index is 0.276. The van der Waals surface area contributed by atoms with Crippen molar-refractivity contribution in [2.45, 2.75) is 25.3 Å². The molecular weight excluding hydrogens is 250 g/mol. The largest absolute Gasteiger partial charge is 0.494 e. The van der Waals surface area contributed by atoms with Crippen LogP contribution < -0.4 is 4.74 Å². The molecule has 1 aliphatic rings. The summed E-state index contributed by atoms with van der Waals surface area (Å²) in [5.74, 6) is 0.861. The lowest BCUT2D eigenvalue weighted by atomic mass is 10.2. The molecule has 1 saturated heterocycles. The molecule has 0 amide bonds. The summed E-state index contributed by atoms with van der Waals surface area (Å²) in [7, 11) is 0. The Morgan fingerprint density at radius 3 is 2.83 bits per heavy atom. The first-order valence-corrected chi connectivity index (χ1v) is 6.90. The zero-order chi connectivity index (χ0) is 12.8. The number of halogens is 1. The summed E-state index contributed by atoms with van der Waals surface area (Å²) in [6.45, 7) is 3.08. The molecule has 0 unspecified atom stereocenters. The molecule has 1 fully saturated rings. The predicted octanol–water partition coefficient (Wildman–Crippen LogP) is 2.57. The van der Waals surface area contributed by atoms with E-state index < -0.39 is 0 Å². The molecule has 0 spiro atoms. The Morgan fingerprint density at radius 2 is 2.11 bits per heavy atom. The molecule has 100 valence electrons. The van der Waals surface area contributed by atoms with Crippen LogP contribution in [0.4, 0.5) is 0 Å². The Hall–Kier alpha value is -0.770. The van der Waals surface area contributed by atoms with Crippen molar-refractivity contribution in [3.63, 3.8) is 0 Å². The number of aliphatic hydroxyl groups is 1. The Bertz CT molecular complexity index is 355. The van der Waals surface area contributed by atoms with Gasteiger partial charge in [-0.25, -0.2) is 0 Å². The standard InChI is InChI=1S/C14H20ClNO2/c15-12-4-6-14(7-5-12)18-10-2-9-16-8-1-3-13(16)11-17/h4-7,13,17H,1-3,8-11H2/t13-/m0/s1. The minimum absolute atomic E-state index is 0.276. The van der Waals surface area contributed by atoms with E-state index in [4.69, 9.17) is 16.3 Å². The molecule has 1 heterocycles. The Labute approximate surface area is 113 Å². The highest BCUT2D eigenvalue weighted by Gasteiger charge is 2.22. The first-order chi connectivity index (χ1) is 8.79. The normalized spacial score (nSPS) is 20.2. The van der Waals surface area contributed by atoms with Crippen molar-refractivity contribution in [3.05, 3.63) is 29.3 Å². The van der Waals surface area contributed by atoms with Crippen molar-refractivity contribution in [1.82, 2.24) is 4.90 Å².